The fourth-order valence-corrected chi connectivity index (χ4v) is 2.47. The summed E-state index contributed by atoms with van der Waals surface area (Å²) in [6.45, 7) is 0.284. The number of benzene rings is 1. The van der Waals surface area contributed by atoms with Gasteiger partial charge in [-0.1, -0.05) is 12.1 Å². The molecule has 1 N–H and O–H groups in total. The molecule has 1 unspecified atom stereocenters. The lowest BCUT2D eigenvalue weighted by atomic mass is 10.1. The van der Waals surface area contributed by atoms with Crippen molar-refractivity contribution in [2.75, 3.05) is 13.7 Å². The summed E-state index contributed by atoms with van der Waals surface area (Å²) in [4.78, 5) is 11.7. The van der Waals surface area contributed by atoms with Gasteiger partial charge in [0, 0.05) is 19.7 Å². The molecule has 110 valence electrons. The quantitative estimate of drug-likeness (QED) is 0.831. The molecule has 1 amide bonds. The molecule has 2 rings (SSSR count). The molecule has 0 aliphatic carbocycles. The van der Waals surface area contributed by atoms with E-state index in [4.69, 9.17) is 4.74 Å². The lowest BCUT2D eigenvalue weighted by Crippen LogP contribution is -2.27. The number of carbonyl (C=O) groups excluding carboxylic acids is 1. The fraction of sp³-hybridized carbons (Fsp3) is 0.188. The minimum absolute atomic E-state index is 0.209. The first-order valence-corrected chi connectivity index (χ1v) is 7.39. The molecule has 0 bridgehead atoms. The lowest BCUT2D eigenvalue weighted by molar-refractivity contribution is -0.117. The Hall–Kier alpha value is -1.98. The van der Waals surface area contributed by atoms with Gasteiger partial charge in [0.25, 0.3) is 0 Å². The number of rotatable bonds is 6. The minimum Gasteiger partial charge on any atom is -0.375 e. The van der Waals surface area contributed by atoms with E-state index in [0.29, 0.717) is 5.56 Å². The van der Waals surface area contributed by atoms with Crippen LogP contribution < -0.4 is 5.32 Å². The van der Waals surface area contributed by atoms with Gasteiger partial charge in [0.05, 0.1) is 6.10 Å². The van der Waals surface area contributed by atoms with Crippen LogP contribution >= 0.6 is 11.3 Å². The molecule has 0 aliphatic heterocycles. The molecular formula is C16H16FNO2S. The maximum absolute atomic E-state index is 13.2. The second kappa shape index (κ2) is 7.71. The molecule has 1 aromatic carbocycles. The smallest absolute Gasteiger partial charge is 0.244 e. The highest BCUT2D eigenvalue weighted by Crippen LogP contribution is 2.16. The van der Waals surface area contributed by atoms with Crippen molar-refractivity contribution in [3.8, 4) is 0 Å². The maximum atomic E-state index is 13.2. The van der Waals surface area contributed by atoms with E-state index in [9.17, 15) is 9.18 Å². The number of amides is 1. The Morgan fingerprint density at radius 3 is 3.00 bits per heavy atom. The molecule has 1 atom stereocenters. The zero-order chi connectivity index (χ0) is 15.1. The molecule has 0 spiro atoms. The molecule has 5 heteroatoms. The molecule has 2 aromatic rings. The molecule has 21 heavy (non-hydrogen) atoms. The van der Waals surface area contributed by atoms with Crippen LogP contribution in [-0.4, -0.2) is 19.6 Å². The minimum atomic E-state index is -0.376. The molecule has 1 heterocycles. The summed E-state index contributed by atoms with van der Waals surface area (Å²) >= 11 is 1.57. The number of nitrogens with one attached hydrogen (secondary N) is 1. The third-order valence-corrected chi connectivity index (χ3v) is 3.64. The zero-order valence-electron chi connectivity index (χ0n) is 11.6. The summed E-state index contributed by atoms with van der Waals surface area (Å²) in [5, 5.41) is 6.64. The van der Waals surface area contributed by atoms with Crippen molar-refractivity contribution in [3.63, 3.8) is 0 Å². The van der Waals surface area contributed by atoms with E-state index in [1.807, 2.05) is 16.8 Å². The summed E-state index contributed by atoms with van der Waals surface area (Å²) in [6, 6.07) is 8.10. The van der Waals surface area contributed by atoms with Crippen LogP contribution in [0.5, 0.6) is 0 Å². The topological polar surface area (TPSA) is 38.3 Å². The zero-order valence-corrected chi connectivity index (χ0v) is 12.4. The highest BCUT2D eigenvalue weighted by atomic mass is 32.1. The Morgan fingerprint density at radius 1 is 1.48 bits per heavy atom. The van der Waals surface area contributed by atoms with Crippen LogP contribution in [0.2, 0.25) is 0 Å². The van der Waals surface area contributed by atoms with Crippen molar-refractivity contribution in [3.05, 3.63) is 64.1 Å². The van der Waals surface area contributed by atoms with Gasteiger partial charge in [-0.15, -0.1) is 0 Å². The third-order valence-electron chi connectivity index (χ3n) is 2.94. The van der Waals surface area contributed by atoms with Gasteiger partial charge in [0.2, 0.25) is 5.91 Å². The Morgan fingerprint density at radius 2 is 2.33 bits per heavy atom. The summed E-state index contributed by atoms with van der Waals surface area (Å²) < 4.78 is 18.5. The van der Waals surface area contributed by atoms with Crippen LogP contribution in [0.1, 0.15) is 17.2 Å². The van der Waals surface area contributed by atoms with Crippen LogP contribution in [-0.2, 0) is 9.53 Å². The third kappa shape index (κ3) is 4.81. The second-order valence-corrected chi connectivity index (χ2v) is 5.19. The van der Waals surface area contributed by atoms with Crippen LogP contribution in [0, 0.1) is 5.82 Å². The summed E-state index contributed by atoms with van der Waals surface area (Å²) in [5.41, 5.74) is 1.68. The van der Waals surface area contributed by atoms with Gasteiger partial charge in [-0.3, -0.25) is 4.79 Å². The van der Waals surface area contributed by atoms with Gasteiger partial charge in [0.1, 0.15) is 5.82 Å². The Kier molecular flexibility index (Phi) is 5.66. The monoisotopic (exact) mass is 305 g/mol. The number of halogens is 1. The lowest BCUT2D eigenvalue weighted by Gasteiger charge is -2.16. The van der Waals surface area contributed by atoms with E-state index in [1.165, 1.54) is 25.3 Å². The van der Waals surface area contributed by atoms with Crippen molar-refractivity contribution in [2.24, 2.45) is 0 Å². The van der Waals surface area contributed by atoms with E-state index >= 15 is 0 Å². The van der Waals surface area contributed by atoms with Gasteiger partial charge in [0.15, 0.2) is 0 Å². The largest absolute Gasteiger partial charge is 0.375 e. The second-order valence-electron chi connectivity index (χ2n) is 4.41. The highest BCUT2D eigenvalue weighted by Gasteiger charge is 2.11. The normalized spacial score (nSPS) is 12.5. The van der Waals surface area contributed by atoms with E-state index in [2.05, 4.69) is 5.32 Å². The van der Waals surface area contributed by atoms with Crippen molar-refractivity contribution >= 4 is 23.3 Å². The molecule has 0 saturated carbocycles. The molecule has 0 radical (unpaired) electrons. The predicted octanol–water partition coefficient (Wildman–Crippen LogP) is 3.40. The Balaban J connectivity index is 1.89. The van der Waals surface area contributed by atoms with E-state index < -0.39 is 0 Å². The number of ether oxygens (including phenoxy) is 1. The highest BCUT2D eigenvalue weighted by molar-refractivity contribution is 7.08. The van der Waals surface area contributed by atoms with Crippen LogP contribution in [0.25, 0.3) is 6.08 Å². The summed E-state index contributed by atoms with van der Waals surface area (Å²) in [5.74, 6) is -0.530. The van der Waals surface area contributed by atoms with Gasteiger partial charge in [-0.25, -0.2) is 4.39 Å². The van der Waals surface area contributed by atoms with Crippen LogP contribution in [0.4, 0.5) is 4.39 Å². The van der Waals surface area contributed by atoms with Crippen LogP contribution in [0.15, 0.2) is 47.2 Å². The first-order chi connectivity index (χ1) is 10.2. The molecule has 0 fully saturated rings. The molecular weight excluding hydrogens is 289 g/mol. The number of methoxy groups -OCH3 is 1. The van der Waals surface area contributed by atoms with Gasteiger partial charge >= 0.3 is 0 Å². The first kappa shape index (κ1) is 15.4. The molecule has 1 aromatic heterocycles. The average molecular weight is 305 g/mol. The molecule has 3 nitrogen and oxygen atoms in total. The SMILES string of the molecule is COC(CNC(=O)/C=C/c1ccsc1)c1cccc(F)c1. The summed E-state index contributed by atoms with van der Waals surface area (Å²) in [7, 11) is 1.53. The standard InChI is InChI=1S/C16H16FNO2S/c1-20-15(13-3-2-4-14(17)9-13)10-18-16(19)6-5-12-7-8-21-11-12/h2-9,11,15H,10H2,1H3,(H,18,19)/b6-5+. The van der Waals surface area contributed by atoms with Gasteiger partial charge in [-0.05, 0) is 46.2 Å². The number of thiophene rings is 1. The van der Waals surface area contributed by atoms with Gasteiger partial charge < -0.3 is 10.1 Å². The number of carbonyl (C=O) groups is 1. The van der Waals surface area contributed by atoms with Crippen molar-refractivity contribution in [2.45, 2.75) is 6.10 Å². The number of hydrogen-bond donors (Lipinski definition) is 1. The van der Waals surface area contributed by atoms with E-state index in [-0.39, 0.29) is 24.4 Å². The van der Waals surface area contributed by atoms with Crippen LogP contribution in [0.3, 0.4) is 0 Å². The van der Waals surface area contributed by atoms with E-state index in [0.717, 1.165) is 5.56 Å². The van der Waals surface area contributed by atoms with Crippen molar-refractivity contribution in [1.82, 2.24) is 5.32 Å². The maximum Gasteiger partial charge on any atom is 0.244 e. The fourth-order valence-electron chi connectivity index (χ4n) is 1.84. The first-order valence-electron chi connectivity index (χ1n) is 6.45. The average Bonchev–Trinajstić information content (AvgIpc) is 2.99. The summed E-state index contributed by atoms with van der Waals surface area (Å²) in [6.07, 6.45) is 2.84. The Bertz CT molecular complexity index is 610. The van der Waals surface area contributed by atoms with Crippen molar-refractivity contribution in [1.29, 1.82) is 0 Å². The molecule has 0 saturated heterocycles. The van der Waals surface area contributed by atoms with Crippen molar-refractivity contribution < 1.29 is 13.9 Å². The predicted molar refractivity (Wildman–Crippen MR) is 82.5 cm³/mol. The number of hydrogen-bond acceptors (Lipinski definition) is 3. The Labute approximate surface area is 127 Å². The molecule has 0 aliphatic rings. The van der Waals surface area contributed by atoms with Gasteiger partial charge in [-0.2, -0.15) is 11.3 Å². The van der Waals surface area contributed by atoms with E-state index in [1.54, 1.807) is 29.5 Å².